The van der Waals surface area contributed by atoms with Crippen molar-refractivity contribution >= 4 is 22.4 Å². The standard InChI is InChI=1S/C11H10N4O2S/c1-7-5-9(15-17-7)10(16)14-11-13-6-8(18-11)3-2-4-12/h5-6H,4,12H2,1H3,(H,13,14,16). The second-order valence-corrected chi connectivity index (χ2v) is 4.34. The summed E-state index contributed by atoms with van der Waals surface area (Å²) in [5.74, 6) is 5.77. The second kappa shape index (κ2) is 5.44. The van der Waals surface area contributed by atoms with Crippen LogP contribution < -0.4 is 11.1 Å². The normalized spacial score (nSPS) is 9.67. The van der Waals surface area contributed by atoms with Gasteiger partial charge in [-0.15, -0.1) is 0 Å². The molecule has 0 aliphatic heterocycles. The van der Waals surface area contributed by atoms with Crippen LogP contribution in [0.5, 0.6) is 0 Å². The Morgan fingerprint density at radius 1 is 1.67 bits per heavy atom. The maximum absolute atomic E-state index is 11.7. The van der Waals surface area contributed by atoms with Crippen LogP contribution in [0, 0.1) is 18.8 Å². The summed E-state index contributed by atoms with van der Waals surface area (Å²) in [5.41, 5.74) is 5.48. The number of carbonyl (C=O) groups excluding carboxylic acids is 1. The van der Waals surface area contributed by atoms with Gasteiger partial charge >= 0.3 is 0 Å². The number of thiazole rings is 1. The second-order valence-electron chi connectivity index (χ2n) is 3.31. The Balaban J connectivity index is 2.05. The Morgan fingerprint density at radius 2 is 2.50 bits per heavy atom. The van der Waals surface area contributed by atoms with Crippen LogP contribution in [0.3, 0.4) is 0 Å². The minimum Gasteiger partial charge on any atom is -0.361 e. The number of carbonyl (C=O) groups is 1. The van der Waals surface area contributed by atoms with E-state index in [0.29, 0.717) is 10.9 Å². The highest BCUT2D eigenvalue weighted by Gasteiger charge is 2.12. The van der Waals surface area contributed by atoms with Crippen LogP contribution in [0.2, 0.25) is 0 Å². The minimum atomic E-state index is -0.362. The molecule has 0 bridgehead atoms. The van der Waals surface area contributed by atoms with Gasteiger partial charge in [-0.2, -0.15) is 0 Å². The quantitative estimate of drug-likeness (QED) is 0.787. The molecule has 7 heteroatoms. The zero-order valence-corrected chi connectivity index (χ0v) is 10.4. The first-order valence-corrected chi connectivity index (χ1v) is 5.90. The van der Waals surface area contributed by atoms with Crippen molar-refractivity contribution in [2.45, 2.75) is 6.92 Å². The summed E-state index contributed by atoms with van der Waals surface area (Å²) in [4.78, 5) is 16.5. The molecule has 0 saturated carbocycles. The number of nitrogens with zero attached hydrogens (tertiary/aromatic N) is 2. The first kappa shape index (κ1) is 12.3. The van der Waals surface area contributed by atoms with Crippen LogP contribution >= 0.6 is 11.3 Å². The van der Waals surface area contributed by atoms with Gasteiger partial charge in [-0.3, -0.25) is 10.1 Å². The molecule has 0 saturated heterocycles. The summed E-state index contributed by atoms with van der Waals surface area (Å²) in [6.07, 6.45) is 1.58. The fraction of sp³-hybridized carbons (Fsp3) is 0.182. The van der Waals surface area contributed by atoms with Crippen molar-refractivity contribution in [2.75, 3.05) is 11.9 Å². The third-order valence-corrected chi connectivity index (χ3v) is 2.73. The number of hydrogen-bond acceptors (Lipinski definition) is 6. The molecule has 2 heterocycles. The van der Waals surface area contributed by atoms with E-state index in [0.717, 1.165) is 4.88 Å². The summed E-state index contributed by atoms with van der Waals surface area (Å²) in [6, 6.07) is 1.55. The zero-order valence-electron chi connectivity index (χ0n) is 9.56. The molecule has 0 atom stereocenters. The molecule has 6 nitrogen and oxygen atoms in total. The molecule has 3 N–H and O–H groups in total. The van der Waals surface area contributed by atoms with Gasteiger partial charge in [-0.1, -0.05) is 28.3 Å². The molecule has 0 aliphatic rings. The van der Waals surface area contributed by atoms with Gasteiger partial charge in [-0.05, 0) is 6.92 Å². The van der Waals surface area contributed by atoms with Gasteiger partial charge in [-0.25, -0.2) is 4.98 Å². The van der Waals surface area contributed by atoms with Crippen molar-refractivity contribution in [2.24, 2.45) is 5.73 Å². The summed E-state index contributed by atoms with van der Waals surface area (Å²) in [7, 11) is 0. The maximum atomic E-state index is 11.7. The Morgan fingerprint density at radius 3 is 3.17 bits per heavy atom. The van der Waals surface area contributed by atoms with Crippen LogP contribution in [-0.4, -0.2) is 22.6 Å². The molecule has 2 aromatic rings. The Hall–Kier alpha value is -2.17. The lowest BCUT2D eigenvalue weighted by Gasteiger charge is -1.95. The van der Waals surface area contributed by atoms with E-state index in [4.69, 9.17) is 10.3 Å². The van der Waals surface area contributed by atoms with Crippen LogP contribution in [0.15, 0.2) is 16.8 Å². The Kier molecular flexibility index (Phi) is 3.72. The van der Waals surface area contributed by atoms with E-state index in [2.05, 4.69) is 27.3 Å². The van der Waals surface area contributed by atoms with Crippen LogP contribution in [0.1, 0.15) is 21.1 Å². The van der Waals surface area contributed by atoms with Crippen LogP contribution in [-0.2, 0) is 0 Å². The topological polar surface area (TPSA) is 94.0 Å². The van der Waals surface area contributed by atoms with Gasteiger partial charge in [0.05, 0.1) is 17.6 Å². The largest absolute Gasteiger partial charge is 0.361 e. The van der Waals surface area contributed by atoms with E-state index in [1.54, 1.807) is 19.2 Å². The van der Waals surface area contributed by atoms with Gasteiger partial charge in [0.25, 0.3) is 5.91 Å². The van der Waals surface area contributed by atoms with E-state index in [1.165, 1.54) is 11.3 Å². The monoisotopic (exact) mass is 262 g/mol. The summed E-state index contributed by atoms with van der Waals surface area (Å²) in [6.45, 7) is 2.01. The van der Waals surface area contributed by atoms with Crippen LogP contribution in [0.4, 0.5) is 5.13 Å². The SMILES string of the molecule is Cc1cc(C(=O)Nc2ncc(C#CCN)s2)no1. The lowest BCUT2D eigenvalue weighted by Crippen LogP contribution is -2.11. The molecule has 18 heavy (non-hydrogen) atoms. The number of aromatic nitrogens is 2. The highest BCUT2D eigenvalue weighted by atomic mass is 32.1. The average molecular weight is 262 g/mol. The summed E-state index contributed by atoms with van der Waals surface area (Å²) in [5, 5.41) is 6.69. The van der Waals surface area contributed by atoms with Gasteiger partial charge in [0, 0.05) is 6.07 Å². The van der Waals surface area contributed by atoms with Crippen molar-refractivity contribution in [1.82, 2.24) is 10.1 Å². The molecule has 2 aromatic heterocycles. The predicted molar refractivity (Wildman–Crippen MR) is 67.2 cm³/mol. The first-order valence-electron chi connectivity index (χ1n) is 5.08. The Bertz CT molecular complexity index is 620. The van der Waals surface area contributed by atoms with E-state index in [9.17, 15) is 4.79 Å². The molecular formula is C11H10N4O2S. The highest BCUT2D eigenvalue weighted by Crippen LogP contribution is 2.17. The predicted octanol–water partition coefficient (Wildman–Crippen LogP) is 1.00. The number of hydrogen-bond donors (Lipinski definition) is 2. The average Bonchev–Trinajstić information content (AvgIpc) is 2.96. The number of amides is 1. The lowest BCUT2D eigenvalue weighted by molar-refractivity contribution is 0.101. The van der Waals surface area contributed by atoms with Gasteiger partial charge < -0.3 is 10.3 Å². The molecule has 2 rings (SSSR count). The molecule has 0 aromatic carbocycles. The number of anilines is 1. The van der Waals surface area contributed by atoms with Crippen LogP contribution in [0.25, 0.3) is 0 Å². The number of aryl methyl sites for hydroxylation is 1. The van der Waals surface area contributed by atoms with Crippen molar-refractivity contribution in [1.29, 1.82) is 0 Å². The zero-order chi connectivity index (χ0) is 13.0. The number of nitrogens with one attached hydrogen (secondary N) is 1. The molecule has 0 fully saturated rings. The third-order valence-electron chi connectivity index (χ3n) is 1.90. The van der Waals surface area contributed by atoms with E-state index < -0.39 is 0 Å². The minimum absolute atomic E-state index is 0.220. The van der Waals surface area contributed by atoms with Crippen molar-refractivity contribution in [3.8, 4) is 11.8 Å². The van der Waals surface area contributed by atoms with E-state index >= 15 is 0 Å². The molecule has 92 valence electrons. The Labute approximate surface area is 107 Å². The molecule has 0 spiro atoms. The molecule has 0 radical (unpaired) electrons. The molecular weight excluding hydrogens is 252 g/mol. The molecule has 0 aliphatic carbocycles. The van der Waals surface area contributed by atoms with Crippen molar-refractivity contribution in [3.05, 3.63) is 28.6 Å². The lowest BCUT2D eigenvalue weighted by atomic mass is 10.4. The first-order chi connectivity index (χ1) is 8.69. The molecule has 1 amide bonds. The smallest absolute Gasteiger partial charge is 0.279 e. The van der Waals surface area contributed by atoms with E-state index in [-0.39, 0.29) is 18.1 Å². The summed E-state index contributed by atoms with van der Waals surface area (Å²) >= 11 is 1.27. The fourth-order valence-corrected chi connectivity index (χ4v) is 1.85. The molecule has 0 unspecified atom stereocenters. The fourth-order valence-electron chi connectivity index (χ4n) is 1.16. The van der Waals surface area contributed by atoms with Gasteiger partial charge in [0.15, 0.2) is 10.8 Å². The number of rotatable bonds is 2. The highest BCUT2D eigenvalue weighted by molar-refractivity contribution is 7.16. The van der Waals surface area contributed by atoms with Gasteiger partial charge in [0.1, 0.15) is 5.76 Å². The van der Waals surface area contributed by atoms with E-state index in [1.807, 2.05) is 0 Å². The van der Waals surface area contributed by atoms with Crippen molar-refractivity contribution < 1.29 is 9.32 Å². The third kappa shape index (κ3) is 2.94. The number of nitrogens with two attached hydrogens (primary N) is 1. The maximum Gasteiger partial charge on any atom is 0.279 e. The van der Waals surface area contributed by atoms with Gasteiger partial charge in [0.2, 0.25) is 0 Å². The van der Waals surface area contributed by atoms with Crippen molar-refractivity contribution in [3.63, 3.8) is 0 Å². The summed E-state index contributed by atoms with van der Waals surface area (Å²) < 4.78 is 4.82.